The van der Waals surface area contributed by atoms with Crippen LogP contribution in [0.2, 0.25) is 0 Å². The molecule has 2 aromatic carbocycles. The Labute approximate surface area is 207 Å². The Morgan fingerprint density at radius 1 is 1.09 bits per heavy atom. The number of aromatic nitrogens is 1. The molecule has 7 heteroatoms. The van der Waals surface area contributed by atoms with E-state index in [-0.39, 0.29) is 23.6 Å². The van der Waals surface area contributed by atoms with Crippen LogP contribution in [-0.2, 0) is 22.4 Å². The Bertz CT molecular complexity index is 1520. The molecular weight excluding hydrogens is 458 g/mol. The van der Waals surface area contributed by atoms with Crippen LogP contribution in [0, 0.1) is 11.3 Å². The molecule has 6 nitrogen and oxygen atoms in total. The minimum absolute atomic E-state index is 0.00393. The first-order valence-electron chi connectivity index (χ1n) is 11.7. The molecule has 4 rings (SSSR count). The Balaban J connectivity index is 2.00. The third-order valence-corrected chi connectivity index (χ3v) is 7.28. The van der Waals surface area contributed by atoms with Gasteiger partial charge in [-0.15, -0.1) is 11.3 Å². The molecule has 0 aliphatic carbocycles. The lowest BCUT2D eigenvalue weighted by atomic mass is 9.83. The zero-order chi connectivity index (χ0) is 25.1. The molecular formula is C28H27N3O3S. The van der Waals surface area contributed by atoms with Crippen LogP contribution in [-0.4, -0.2) is 17.1 Å². The second kappa shape index (κ2) is 10.2. The second-order valence-corrected chi connectivity index (χ2v) is 9.26. The van der Waals surface area contributed by atoms with E-state index in [9.17, 15) is 14.9 Å². The van der Waals surface area contributed by atoms with E-state index in [1.807, 2.05) is 48.5 Å². The van der Waals surface area contributed by atoms with Crippen molar-refractivity contribution in [3.05, 3.63) is 95.9 Å². The molecule has 1 aliphatic heterocycles. The van der Waals surface area contributed by atoms with Crippen molar-refractivity contribution in [1.29, 1.82) is 5.26 Å². The van der Waals surface area contributed by atoms with E-state index >= 15 is 0 Å². The monoisotopic (exact) mass is 485 g/mol. The zero-order valence-electron chi connectivity index (χ0n) is 20.0. The van der Waals surface area contributed by atoms with Crippen LogP contribution in [0.3, 0.4) is 0 Å². The predicted octanol–water partition coefficient (Wildman–Crippen LogP) is 3.03. The molecule has 178 valence electrons. The number of carbonyl (C=O) groups excluding carboxylic acids is 1. The topological polar surface area (TPSA) is 98.1 Å². The highest BCUT2D eigenvalue weighted by molar-refractivity contribution is 7.07. The van der Waals surface area contributed by atoms with E-state index in [0.717, 1.165) is 29.5 Å². The van der Waals surface area contributed by atoms with E-state index in [2.05, 4.69) is 19.9 Å². The molecule has 0 saturated heterocycles. The van der Waals surface area contributed by atoms with Crippen LogP contribution in [0.4, 0.5) is 0 Å². The Hall–Kier alpha value is -3.89. The largest absolute Gasteiger partial charge is 0.463 e. The summed E-state index contributed by atoms with van der Waals surface area (Å²) in [6.07, 6.45) is 3.58. The standard InChI is InChI=1S/C28H27N3O3S/c1-4-17-7-9-19(10-8-17)15-22-26(32)31-25(30)24(28(33)34-6-3)23(21(16-29)27(31)35-22)20-13-11-18(5-2)12-14-20/h7-15,23H,4-6,30H2,1-3H3. The lowest BCUT2D eigenvalue weighted by Gasteiger charge is -2.25. The molecule has 1 unspecified atom stereocenters. The summed E-state index contributed by atoms with van der Waals surface area (Å²) in [5.74, 6) is -1.35. The van der Waals surface area contributed by atoms with Crippen molar-refractivity contribution in [3.63, 3.8) is 0 Å². The summed E-state index contributed by atoms with van der Waals surface area (Å²) in [5, 5.41) is 10.2. The first-order valence-corrected chi connectivity index (χ1v) is 12.5. The molecule has 2 heterocycles. The number of carbonyl (C=O) groups is 1. The quantitative estimate of drug-likeness (QED) is 0.541. The molecule has 3 aromatic rings. The van der Waals surface area contributed by atoms with E-state index in [4.69, 9.17) is 10.5 Å². The van der Waals surface area contributed by atoms with Crippen molar-refractivity contribution >= 4 is 34.8 Å². The van der Waals surface area contributed by atoms with Gasteiger partial charge in [-0.1, -0.05) is 62.4 Å². The maximum Gasteiger partial charge on any atom is 0.338 e. The summed E-state index contributed by atoms with van der Waals surface area (Å²) in [5.41, 5.74) is 10.5. The van der Waals surface area contributed by atoms with E-state index < -0.39 is 11.9 Å². The number of esters is 1. The van der Waals surface area contributed by atoms with Crippen molar-refractivity contribution in [2.75, 3.05) is 6.61 Å². The molecule has 1 aliphatic rings. The maximum absolute atomic E-state index is 13.4. The summed E-state index contributed by atoms with van der Waals surface area (Å²) in [7, 11) is 0. The molecule has 0 spiro atoms. The fourth-order valence-corrected chi connectivity index (χ4v) is 5.37. The van der Waals surface area contributed by atoms with E-state index in [0.29, 0.717) is 14.8 Å². The third-order valence-electron chi connectivity index (χ3n) is 6.17. The first-order chi connectivity index (χ1) is 16.9. The number of hydrogen-bond donors (Lipinski definition) is 1. The number of hydrogen-bond acceptors (Lipinski definition) is 6. The number of nitriles is 1. The highest BCUT2D eigenvalue weighted by atomic mass is 32.1. The van der Waals surface area contributed by atoms with Gasteiger partial charge >= 0.3 is 5.97 Å². The fraction of sp³-hybridized carbons (Fsp3) is 0.250. The number of rotatable bonds is 6. The number of nitrogens with zero attached hydrogens (tertiary/aromatic N) is 2. The number of fused-ring (bicyclic) bond motifs is 1. The van der Waals surface area contributed by atoms with Gasteiger partial charge in [0, 0.05) is 0 Å². The average Bonchev–Trinajstić information content (AvgIpc) is 3.20. The average molecular weight is 486 g/mol. The summed E-state index contributed by atoms with van der Waals surface area (Å²) in [6.45, 7) is 6.00. The molecule has 35 heavy (non-hydrogen) atoms. The Kier molecular flexibility index (Phi) is 7.04. The zero-order valence-corrected chi connectivity index (χ0v) is 20.8. The summed E-state index contributed by atoms with van der Waals surface area (Å²) in [6, 6.07) is 18.0. The van der Waals surface area contributed by atoms with Crippen molar-refractivity contribution in [1.82, 2.24) is 4.57 Å². The van der Waals surface area contributed by atoms with E-state index in [1.54, 1.807) is 13.0 Å². The molecule has 2 N–H and O–H groups in total. The second-order valence-electron chi connectivity index (χ2n) is 8.22. The molecule has 0 radical (unpaired) electrons. The highest BCUT2D eigenvalue weighted by Gasteiger charge is 2.36. The number of benzene rings is 2. The lowest BCUT2D eigenvalue weighted by molar-refractivity contribution is -0.138. The smallest absolute Gasteiger partial charge is 0.338 e. The van der Waals surface area contributed by atoms with Crippen LogP contribution in [0.5, 0.6) is 0 Å². The molecule has 0 fully saturated rings. The van der Waals surface area contributed by atoms with Crippen LogP contribution in [0.15, 0.2) is 58.9 Å². The summed E-state index contributed by atoms with van der Waals surface area (Å²) < 4.78 is 7.45. The van der Waals surface area contributed by atoms with Gasteiger partial charge in [-0.25, -0.2) is 4.79 Å². The summed E-state index contributed by atoms with van der Waals surface area (Å²) in [4.78, 5) is 26.5. The molecule has 0 saturated carbocycles. The molecule has 0 bridgehead atoms. The minimum Gasteiger partial charge on any atom is -0.463 e. The molecule has 1 aromatic heterocycles. The molecule has 1 atom stereocenters. The minimum atomic E-state index is -0.723. The highest BCUT2D eigenvalue weighted by Crippen LogP contribution is 2.36. The lowest BCUT2D eigenvalue weighted by Crippen LogP contribution is -2.40. The van der Waals surface area contributed by atoms with Gasteiger partial charge < -0.3 is 10.5 Å². The van der Waals surface area contributed by atoms with Crippen molar-refractivity contribution in [3.8, 4) is 6.07 Å². The van der Waals surface area contributed by atoms with E-state index in [1.165, 1.54) is 21.5 Å². The van der Waals surface area contributed by atoms with Crippen molar-refractivity contribution < 1.29 is 9.53 Å². The number of ether oxygens (including phenoxy) is 1. The van der Waals surface area contributed by atoms with Crippen LogP contribution >= 0.6 is 11.3 Å². The third kappa shape index (κ3) is 4.45. The van der Waals surface area contributed by atoms with Crippen molar-refractivity contribution in [2.45, 2.75) is 39.5 Å². The number of thiazole rings is 1. The van der Waals surface area contributed by atoms with Gasteiger partial charge in [-0.05, 0) is 48.1 Å². The van der Waals surface area contributed by atoms with Crippen LogP contribution in [0.25, 0.3) is 17.5 Å². The van der Waals surface area contributed by atoms with Gasteiger partial charge in [0.05, 0.1) is 34.3 Å². The van der Waals surface area contributed by atoms with Crippen molar-refractivity contribution in [2.24, 2.45) is 5.73 Å². The normalized spacial score (nSPS) is 15.7. The SMILES string of the molecule is CCOC(=O)C1=C(N)n2c(sc(=Cc3ccc(CC)cc3)c2=O)=C(C#N)C1c1ccc(CC)cc1. The summed E-state index contributed by atoms with van der Waals surface area (Å²) >= 11 is 1.21. The number of aryl methyl sites for hydroxylation is 2. The van der Waals surface area contributed by atoms with Gasteiger partial charge in [-0.3, -0.25) is 9.36 Å². The predicted molar refractivity (Wildman–Crippen MR) is 139 cm³/mol. The van der Waals surface area contributed by atoms with Gasteiger partial charge in [-0.2, -0.15) is 5.26 Å². The fourth-order valence-electron chi connectivity index (χ4n) is 4.24. The maximum atomic E-state index is 13.4. The Morgan fingerprint density at radius 3 is 2.23 bits per heavy atom. The van der Waals surface area contributed by atoms with Gasteiger partial charge in [0.1, 0.15) is 10.5 Å². The molecule has 0 amide bonds. The first kappa shape index (κ1) is 24.2. The van der Waals surface area contributed by atoms with Crippen LogP contribution in [0.1, 0.15) is 48.9 Å². The van der Waals surface area contributed by atoms with Gasteiger partial charge in [0.25, 0.3) is 5.56 Å². The van der Waals surface area contributed by atoms with Gasteiger partial charge in [0.2, 0.25) is 0 Å². The Morgan fingerprint density at radius 2 is 1.69 bits per heavy atom. The van der Waals surface area contributed by atoms with Gasteiger partial charge in [0.15, 0.2) is 0 Å². The number of nitrogens with two attached hydrogens (primary N) is 1. The van der Waals surface area contributed by atoms with Crippen LogP contribution < -0.4 is 20.5 Å².